The van der Waals surface area contributed by atoms with E-state index < -0.39 is 11.4 Å². The summed E-state index contributed by atoms with van der Waals surface area (Å²) in [6.07, 6.45) is 0.446. The van der Waals surface area contributed by atoms with Crippen LogP contribution in [-0.4, -0.2) is 24.3 Å². The van der Waals surface area contributed by atoms with Crippen LogP contribution in [0.25, 0.3) is 0 Å². The van der Waals surface area contributed by atoms with Crippen LogP contribution < -0.4 is 0 Å². The smallest absolute Gasteiger partial charge is 0.316 e. The van der Waals surface area contributed by atoms with E-state index in [4.69, 9.17) is 4.74 Å². The van der Waals surface area contributed by atoms with Gasteiger partial charge in [-0.25, -0.2) is 0 Å². The molecule has 0 saturated carbocycles. The molecule has 1 aromatic rings. The lowest BCUT2D eigenvalue weighted by Crippen LogP contribution is -2.35. The van der Waals surface area contributed by atoms with E-state index in [1.54, 1.807) is 0 Å². The van der Waals surface area contributed by atoms with Crippen molar-refractivity contribution in [3.05, 3.63) is 48.0 Å². The summed E-state index contributed by atoms with van der Waals surface area (Å²) in [6.45, 7) is 4.38. The molecule has 1 unspecified atom stereocenters. The van der Waals surface area contributed by atoms with Gasteiger partial charge in [0, 0.05) is 0 Å². The van der Waals surface area contributed by atoms with Crippen molar-refractivity contribution in [2.24, 2.45) is 5.41 Å². The van der Waals surface area contributed by atoms with Crippen LogP contribution in [0.3, 0.4) is 0 Å². The molecule has 0 bridgehead atoms. The van der Waals surface area contributed by atoms with E-state index >= 15 is 0 Å². The molecule has 1 fully saturated rings. The summed E-state index contributed by atoms with van der Waals surface area (Å²) < 4.78 is 5.23. The van der Waals surface area contributed by atoms with Crippen LogP contribution in [0.4, 0.5) is 0 Å². The lowest BCUT2D eigenvalue weighted by Gasteiger charge is -2.23. The highest BCUT2D eigenvalue weighted by molar-refractivity contribution is 5.79. The number of hydrogen-bond donors (Lipinski definition) is 1. The van der Waals surface area contributed by atoms with E-state index in [0.717, 1.165) is 5.56 Å². The molecule has 0 amide bonds. The topological polar surface area (TPSA) is 46.5 Å². The summed E-state index contributed by atoms with van der Waals surface area (Å²) in [5.74, 6) is -0.848. The highest BCUT2D eigenvalue weighted by Crippen LogP contribution is 2.36. The van der Waals surface area contributed by atoms with E-state index in [1.165, 1.54) is 0 Å². The molecule has 0 radical (unpaired) electrons. The van der Waals surface area contributed by atoms with E-state index in [9.17, 15) is 9.90 Å². The van der Waals surface area contributed by atoms with Crippen LogP contribution in [0.5, 0.6) is 0 Å². The van der Waals surface area contributed by atoms with Crippen molar-refractivity contribution in [3.8, 4) is 0 Å². The van der Waals surface area contributed by atoms with Gasteiger partial charge in [0.15, 0.2) is 0 Å². The maximum Gasteiger partial charge on any atom is 0.316 e. The minimum Gasteiger partial charge on any atom is -0.481 e. The molecule has 1 N–H and O–H groups in total. The first-order valence-electron chi connectivity index (χ1n) is 5.18. The summed E-state index contributed by atoms with van der Waals surface area (Å²) in [7, 11) is 0. The van der Waals surface area contributed by atoms with Gasteiger partial charge >= 0.3 is 5.97 Å². The predicted octanol–water partition coefficient (Wildman–Crippen LogP) is 1.89. The third-order valence-electron chi connectivity index (χ3n) is 3.06. The highest BCUT2D eigenvalue weighted by atomic mass is 16.5. The van der Waals surface area contributed by atoms with Crippen LogP contribution in [0, 0.1) is 5.41 Å². The Morgan fingerprint density at radius 3 is 2.62 bits per heavy atom. The normalized spacial score (nSPS) is 24.6. The number of carboxylic acid groups (broad SMARTS) is 1. The zero-order valence-electron chi connectivity index (χ0n) is 8.98. The average molecular weight is 218 g/mol. The molecular formula is C13H14O3. The molecule has 2 rings (SSSR count). The number of benzene rings is 1. The Bertz CT molecular complexity index is 410. The third-order valence-corrected chi connectivity index (χ3v) is 3.06. The van der Waals surface area contributed by atoms with E-state index in [1.807, 2.05) is 30.3 Å². The fourth-order valence-electron chi connectivity index (χ4n) is 2.00. The third kappa shape index (κ3) is 1.74. The Balaban J connectivity index is 2.29. The molecule has 1 heterocycles. The van der Waals surface area contributed by atoms with Gasteiger partial charge in [0.25, 0.3) is 0 Å². The number of carbonyl (C=O) groups is 1. The van der Waals surface area contributed by atoms with E-state index in [-0.39, 0.29) is 6.61 Å². The van der Waals surface area contributed by atoms with Gasteiger partial charge in [-0.05, 0) is 17.6 Å². The van der Waals surface area contributed by atoms with Crippen molar-refractivity contribution in [1.29, 1.82) is 0 Å². The first-order valence-corrected chi connectivity index (χ1v) is 5.18. The molecule has 1 aliphatic heterocycles. The van der Waals surface area contributed by atoms with E-state index in [2.05, 4.69) is 6.58 Å². The summed E-state index contributed by atoms with van der Waals surface area (Å²) in [5, 5.41) is 9.35. The zero-order valence-corrected chi connectivity index (χ0v) is 8.98. The number of hydrogen-bond acceptors (Lipinski definition) is 2. The molecular weight excluding hydrogens is 204 g/mol. The molecule has 84 valence electrons. The molecule has 0 aromatic heterocycles. The Hall–Kier alpha value is -1.61. The molecule has 0 aliphatic carbocycles. The number of carboxylic acids is 1. The largest absolute Gasteiger partial charge is 0.481 e. The molecule has 1 aromatic carbocycles. The van der Waals surface area contributed by atoms with Gasteiger partial charge in [0.1, 0.15) is 5.41 Å². The standard InChI is InChI=1S/C13H14O3/c1-10-8-16-9-13(10,12(14)15)7-11-5-3-2-4-6-11/h2-6H,1,7-9H2,(H,14,15). The summed E-state index contributed by atoms with van der Waals surface area (Å²) in [4.78, 5) is 11.4. The summed E-state index contributed by atoms with van der Waals surface area (Å²) in [6, 6.07) is 9.58. The van der Waals surface area contributed by atoms with Crippen LogP contribution in [0.15, 0.2) is 42.5 Å². The Kier molecular flexibility index (Phi) is 2.79. The summed E-state index contributed by atoms with van der Waals surface area (Å²) in [5.41, 5.74) is 0.710. The molecule has 1 saturated heterocycles. The van der Waals surface area contributed by atoms with Gasteiger partial charge in [-0.3, -0.25) is 4.79 Å². The molecule has 3 nitrogen and oxygen atoms in total. The minimum atomic E-state index is -0.943. The van der Waals surface area contributed by atoms with Crippen LogP contribution in [0.1, 0.15) is 5.56 Å². The fourth-order valence-corrected chi connectivity index (χ4v) is 2.00. The second-order valence-electron chi connectivity index (χ2n) is 4.15. The van der Waals surface area contributed by atoms with Gasteiger partial charge in [-0.1, -0.05) is 36.9 Å². The fraction of sp³-hybridized carbons (Fsp3) is 0.308. The zero-order chi connectivity index (χ0) is 11.6. The average Bonchev–Trinajstić information content (AvgIpc) is 2.63. The van der Waals surface area contributed by atoms with Crippen LogP contribution in [-0.2, 0) is 16.0 Å². The van der Waals surface area contributed by atoms with Gasteiger partial charge in [-0.2, -0.15) is 0 Å². The highest BCUT2D eigenvalue weighted by Gasteiger charge is 2.45. The van der Waals surface area contributed by atoms with Gasteiger partial charge < -0.3 is 9.84 Å². The predicted molar refractivity (Wildman–Crippen MR) is 60.2 cm³/mol. The minimum absolute atomic E-state index is 0.218. The van der Waals surface area contributed by atoms with Crippen LogP contribution in [0.2, 0.25) is 0 Å². The van der Waals surface area contributed by atoms with Crippen molar-refractivity contribution in [2.45, 2.75) is 6.42 Å². The lowest BCUT2D eigenvalue weighted by molar-refractivity contribution is -0.147. The van der Waals surface area contributed by atoms with Crippen molar-refractivity contribution < 1.29 is 14.6 Å². The number of aliphatic carboxylic acids is 1. The lowest BCUT2D eigenvalue weighted by atomic mass is 9.78. The quantitative estimate of drug-likeness (QED) is 0.788. The van der Waals surface area contributed by atoms with Crippen molar-refractivity contribution in [3.63, 3.8) is 0 Å². The monoisotopic (exact) mass is 218 g/mol. The van der Waals surface area contributed by atoms with Gasteiger partial charge in [-0.15, -0.1) is 0 Å². The van der Waals surface area contributed by atoms with Crippen LogP contribution >= 0.6 is 0 Å². The molecule has 1 atom stereocenters. The Morgan fingerprint density at radius 1 is 1.44 bits per heavy atom. The molecule has 16 heavy (non-hydrogen) atoms. The number of ether oxygens (including phenoxy) is 1. The Morgan fingerprint density at radius 2 is 2.12 bits per heavy atom. The Labute approximate surface area is 94.4 Å². The molecule has 1 aliphatic rings. The first-order chi connectivity index (χ1) is 7.65. The summed E-state index contributed by atoms with van der Waals surface area (Å²) >= 11 is 0. The first kappa shape index (κ1) is 10.9. The van der Waals surface area contributed by atoms with Gasteiger partial charge in [0.2, 0.25) is 0 Å². The maximum absolute atomic E-state index is 11.4. The molecule has 3 heteroatoms. The second kappa shape index (κ2) is 4.10. The maximum atomic E-state index is 11.4. The van der Waals surface area contributed by atoms with Crippen molar-refractivity contribution in [1.82, 2.24) is 0 Å². The number of rotatable bonds is 3. The van der Waals surface area contributed by atoms with E-state index in [0.29, 0.717) is 18.6 Å². The molecule has 0 spiro atoms. The second-order valence-corrected chi connectivity index (χ2v) is 4.15. The SMILES string of the molecule is C=C1COCC1(Cc1ccccc1)C(=O)O. The van der Waals surface area contributed by atoms with Crippen molar-refractivity contribution in [2.75, 3.05) is 13.2 Å². The van der Waals surface area contributed by atoms with Crippen molar-refractivity contribution >= 4 is 5.97 Å². The van der Waals surface area contributed by atoms with Gasteiger partial charge in [0.05, 0.1) is 13.2 Å².